The van der Waals surface area contributed by atoms with Crippen LogP contribution in [0.15, 0.2) is 76.1 Å². The number of nitrogens with zero attached hydrogens (tertiary/aromatic N) is 2. The third-order valence-corrected chi connectivity index (χ3v) is 4.31. The lowest BCUT2D eigenvalue weighted by molar-refractivity contribution is -0.119. The van der Waals surface area contributed by atoms with Gasteiger partial charge in [0.15, 0.2) is 12.2 Å². The highest BCUT2D eigenvalue weighted by molar-refractivity contribution is 5.87. The predicted octanol–water partition coefficient (Wildman–Crippen LogP) is 4.42. The fraction of sp³-hybridized carbons (Fsp3) is 0.0870. The zero-order valence-electron chi connectivity index (χ0n) is 15.8. The molecule has 0 aliphatic rings. The summed E-state index contributed by atoms with van der Waals surface area (Å²) in [6.07, 6.45) is 1.68. The number of aryl methyl sites for hydroxylation is 1. The van der Waals surface area contributed by atoms with Crippen LogP contribution >= 0.6 is 0 Å². The van der Waals surface area contributed by atoms with Crippen molar-refractivity contribution in [2.24, 2.45) is 10.7 Å². The Morgan fingerprint density at radius 3 is 2.72 bits per heavy atom. The quantitative estimate of drug-likeness (QED) is 0.498. The Morgan fingerprint density at radius 1 is 1.14 bits per heavy atom. The topological polar surface area (TPSA) is 90.7 Å². The highest BCUT2D eigenvalue weighted by atomic mass is 16.5. The fourth-order valence-electron chi connectivity index (χ4n) is 2.83. The molecule has 0 saturated carbocycles. The summed E-state index contributed by atoms with van der Waals surface area (Å²) in [5.74, 6) is 0.586. The molecule has 0 aliphatic carbocycles. The van der Waals surface area contributed by atoms with Gasteiger partial charge in [0.2, 0.25) is 5.89 Å². The monoisotopic (exact) mass is 385 g/mol. The third-order valence-electron chi connectivity index (χ3n) is 4.31. The van der Waals surface area contributed by atoms with Crippen molar-refractivity contribution in [1.29, 1.82) is 0 Å². The van der Waals surface area contributed by atoms with Crippen LogP contribution in [0.2, 0.25) is 0 Å². The number of para-hydroxylation sites is 1. The van der Waals surface area contributed by atoms with E-state index in [1.165, 1.54) is 5.56 Å². The minimum absolute atomic E-state index is 0.183. The number of aromatic nitrogens is 1. The summed E-state index contributed by atoms with van der Waals surface area (Å²) in [5, 5.41) is 0. The van der Waals surface area contributed by atoms with Gasteiger partial charge in [-0.25, -0.2) is 4.98 Å². The maximum atomic E-state index is 11.0. The first-order valence-corrected chi connectivity index (χ1v) is 9.10. The molecule has 3 aromatic carbocycles. The van der Waals surface area contributed by atoms with Crippen molar-refractivity contribution < 1.29 is 13.9 Å². The Kier molecular flexibility index (Phi) is 5.07. The highest BCUT2D eigenvalue weighted by Crippen LogP contribution is 2.27. The molecule has 1 aromatic heterocycles. The summed E-state index contributed by atoms with van der Waals surface area (Å²) in [5.41, 5.74) is 10.2. The largest absolute Gasteiger partial charge is 0.483 e. The fourth-order valence-corrected chi connectivity index (χ4v) is 2.83. The zero-order valence-corrected chi connectivity index (χ0v) is 15.8. The lowest BCUT2D eigenvalue weighted by Gasteiger charge is -2.06. The minimum Gasteiger partial charge on any atom is -0.483 e. The van der Waals surface area contributed by atoms with Gasteiger partial charge in [-0.3, -0.25) is 9.79 Å². The molecule has 0 aliphatic heterocycles. The number of aliphatic imine (C=N–C) groups is 1. The van der Waals surface area contributed by atoms with E-state index in [1.54, 1.807) is 12.3 Å². The van der Waals surface area contributed by atoms with Crippen molar-refractivity contribution in [3.05, 3.63) is 77.9 Å². The minimum atomic E-state index is -0.530. The molecule has 144 valence electrons. The van der Waals surface area contributed by atoms with Crippen molar-refractivity contribution in [3.63, 3.8) is 0 Å². The number of benzene rings is 3. The summed E-state index contributed by atoms with van der Waals surface area (Å²) in [6.45, 7) is 1.86. The van der Waals surface area contributed by atoms with Gasteiger partial charge in [0.1, 0.15) is 11.3 Å². The maximum Gasteiger partial charge on any atom is 0.255 e. The number of rotatable bonds is 6. The molecule has 0 atom stereocenters. The van der Waals surface area contributed by atoms with E-state index in [0.717, 1.165) is 22.3 Å². The number of nitrogens with two attached hydrogens (primary N) is 1. The van der Waals surface area contributed by atoms with E-state index in [2.05, 4.69) is 9.98 Å². The molecule has 0 unspecified atom stereocenters. The predicted molar refractivity (Wildman–Crippen MR) is 113 cm³/mol. The molecular formula is C23H19N3O3. The molecule has 4 aromatic rings. The van der Waals surface area contributed by atoms with E-state index in [1.807, 2.05) is 67.6 Å². The lowest BCUT2D eigenvalue weighted by atomic mass is 10.1. The molecule has 0 bridgehead atoms. The van der Waals surface area contributed by atoms with Crippen LogP contribution in [0.4, 0.5) is 5.69 Å². The van der Waals surface area contributed by atoms with Crippen LogP contribution in [0.5, 0.6) is 5.75 Å². The SMILES string of the molecule is Cc1ccc(-c2nc3cc(N=Cc4ccccc4OCC(N)=O)ccc3o2)cc1. The zero-order chi connectivity index (χ0) is 20.2. The van der Waals surface area contributed by atoms with Crippen LogP contribution in [0, 0.1) is 6.92 Å². The number of primary amides is 1. The summed E-state index contributed by atoms with van der Waals surface area (Å²) in [4.78, 5) is 20.0. The number of fused-ring (bicyclic) bond motifs is 1. The standard InChI is InChI=1S/C23H19N3O3/c1-15-6-8-16(9-7-15)23-26-19-12-18(10-11-21(19)29-23)25-13-17-4-2-3-5-20(17)28-14-22(24)27/h2-13H,14H2,1H3,(H2,24,27). The van der Waals surface area contributed by atoms with E-state index >= 15 is 0 Å². The third kappa shape index (κ3) is 4.32. The summed E-state index contributed by atoms with van der Waals surface area (Å²) >= 11 is 0. The van der Waals surface area contributed by atoms with Crippen molar-refractivity contribution in [3.8, 4) is 17.2 Å². The smallest absolute Gasteiger partial charge is 0.255 e. The molecule has 1 amide bonds. The Bertz CT molecular complexity index is 1190. The van der Waals surface area contributed by atoms with Gasteiger partial charge in [-0.2, -0.15) is 0 Å². The number of oxazole rings is 1. The number of carbonyl (C=O) groups is 1. The Labute approximate surface area is 167 Å². The average molecular weight is 385 g/mol. The molecule has 29 heavy (non-hydrogen) atoms. The van der Waals surface area contributed by atoms with E-state index in [-0.39, 0.29) is 6.61 Å². The van der Waals surface area contributed by atoms with Crippen LogP contribution in [0.25, 0.3) is 22.6 Å². The maximum absolute atomic E-state index is 11.0. The van der Waals surface area contributed by atoms with Crippen molar-refractivity contribution >= 4 is 28.9 Å². The first-order valence-electron chi connectivity index (χ1n) is 9.10. The molecular weight excluding hydrogens is 366 g/mol. The molecule has 0 saturated heterocycles. The molecule has 0 fully saturated rings. The first-order chi connectivity index (χ1) is 14.1. The Hall–Kier alpha value is -3.93. The van der Waals surface area contributed by atoms with Gasteiger partial charge in [-0.1, -0.05) is 29.8 Å². The molecule has 6 nitrogen and oxygen atoms in total. The second kappa shape index (κ2) is 7.98. The van der Waals surface area contributed by atoms with E-state index < -0.39 is 5.91 Å². The second-order valence-electron chi connectivity index (χ2n) is 6.59. The van der Waals surface area contributed by atoms with Crippen LogP contribution in [-0.4, -0.2) is 23.7 Å². The first kappa shape index (κ1) is 18.4. The van der Waals surface area contributed by atoms with Crippen LogP contribution < -0.4 is 10.5 Å². The normalized spacial score (nSPS) is 11.2. The molecule has 1 heterocycles. The molecule has 0 spiro atoms. The van der Waals surface area contributed by atoms with Gasteiger partial charge < -0.3 is 14.9 Å². The van der Waals surface area contributed by atoms with E-state index in [0.29, 0.717) is 17.2 Å². The van der Waals surface area contributed by atoms with Gasteiger partial charge in [0.05, 0.1) is 5.69 Å². The number of carbonyl (C=O) groups excluding carboxylic acids is 1. The average Bonchev–Trinajstić information content (AvgIpc) is 3.15. The number of ether oxygens (including phenoxy) is 1. The van der Waals surface area contributed by atoms with Crippen molar-refractivity contribution in [2.45, 2.75) is 6.92 Å². The van der Waals surface area contributed by atoms with E-state index in [4.69, 9.17) is 14.9 Å². The summed E-state index contributed by atoms with van der Waals surface area (Å²) in [7, 11) is 0. The second-order valence-corrected chi connectivity index (χ2v) is 6.59. The Morgan fingerprint density at radius 2 is 1.93 bits per heavy atom. The molecule has 2 N–H and O–H groups in total. The number of amides is 1. The van der Waals surface area contributed by atoms with Crippen LogP contribution in [0.3, 0.4) is 0 Å². The van der Waals surface area contributed by atoms with Gasteiger partial charge >= 0.3 is 0 Å². The van der Waals surface area contributed by atoms with Crippen LogP contribution in [0.1, 0.15) is 11.1 Å². The molecule has 4 rings (SSSR count). The highest BCUT2D eigenvalue weighted by Gasteiger charge is 2.09. The van der Waals surface area contributed by atoms with Gasteiger partial charge in [-0.05, 0) is 49.4 Å². The molecule has 0 radical (unpaired) electrons. The number of hydrogen-bond donors (Lipinski definition) is 1. The summed E-state index contributed by atoms with van der Waals surface area (Å²) < 4.78 is 11.3. The van der Waals surface area contributed by atoms with Gasteiger partial charge in [0, 0.05) is 17.3 Å². The van der Waals surface area contributed by atoms with E-state index in [9.17, 15) is 4.79 Å². The number of hydrogen-bond acceptors (Lipinski definition) is 5. The van der Waals surface area contributed by atoms with Crippen molar-refractivity contribution in [1.82, 2.24) is 4.98 Å². The summed E-state index contributed by atoms with van der Waals surface area (Å²) in [6, 6.07) is 20.9. The van der Waals surface area contributed by atoms with Gasteiger partial charge in [0.25, 0.3) is 5.91 Å². The van der Waals surface area contributed by atoms with Gasteiger partial charge in [-0.15, -0.1) is 0 Å². The lowest BCUT2D eigenvalue weighted by Crippen LogP contribution is -2.20. The Balaban J connectivity index is 1.59. The van der Waals surface area contributed by atoms with Crippen molar-refractivity contribution in [2.75, 3.05) is 6.61 Å². The van der Waals surface area contributed by atoms with Crippen LogP contribution in [-0.2, 0) is 4.79 Å². The molecule has 6 heteroatoms.